The minimum Gasteiger partial charge on any atom is -0.338 e. The van der Waals surface area contributed by atoms with Crippen molar-refractivity contribution in [2.75, 3.05) is 23.9 Å². The average molecular weight is 283 g/mol. The molecule has 0 bridgehead atoms. The fraction of sp³-hybridized carbons (Fsp3) is 0.462. The van der Waals surface area contributed by atoms with Gasteiger partial charge >= 0.3 is 6.03 Å². The summed E-state index contributed by atoms with van der Waals surface area (Å²) >= 11 is 0. The highest BCUT2D eigenvalue weighted by atomic mass is 32.2. The van der Waals surface area contributed by atoms with E-state index < -0.39 is 10.8 Å². The number of rotatable bonds is 6. The zero-order chi connectivity index (χ0) is 14.3. The summed E-state index contributed by atoms with van der Waals surface area (Å²) in [4.78, 5) is 11.6. The van der Waals surface area contributed by atoms with Crippen molar-refractivity contribution in [2.45, 2.75) is 19.4 Å². The summed E-state index contributed by atoms with van der Waals surface area (Å²) in [6.45, 7) is 2.43. The molecule has 1 aromatic rings. The van der Waals surface area contributed by atoms with E-state index in [2.05, 4.69) is 10.6 Å². The molecule has 1 rings (SSSR count). The molecular weight excluding hydrogens is 262 g/mol. The van der Waals surface area contributed by atoms with Crippen LogP contribution in [0.4, 0.5) is 10.5 Å². The molecule has 6 heteroatoms. The van der Waals surface area contributed by atoms with Crippen LogP contribution in [-0.2, 0) is 10.8 Å². The quantitative estimate of drug-likeness (QED) is 0.693. The minimum atomic E-state index is -0.809. The highest BCUT2D eigenvalue weighted by Crippen LogP contribution is 2.13. The van der Waals surface area contributed by atoms with Crippen molar-refractivity contribution < 1.29 is 9.00 Å². The lowest BCUT2D eigenvalue weighted by atomic mass is 10.1. The Labute approximate surface area is 116 Å². The Morgan fingerprint density at radius 2 is 2.00 bits per heavy atom. The average Bonchev–Trinajstić information content (AvgIpc) is 2.35. The van der Waals surface area contributed by atoms with Crippen molar-refractivity contribution in [3.05, 3.63) is 29.8 Å². The molecule has 0 saturated carbocycles. The molecule has 0 spiro atoms. The lowest BCUT2D eigenvalue weighted by molar-refractivity contribution is 0.252. The first kappa shape index (κ1) is 15.7. The number of nitrogens with two attached hydrogens (primary N) is 1. The van der Waals surface area contributed by atoms with Gasteiger partial charge in [-0.3, -0.25) is 4.21 Å². The van der Waals surface area contributed by atoms with Crippen LogP contribution in [0, 0.1) is 0 Å². The third kappa shape index (κ3) is 6.35. The van der Waals surface area contributed by atoms with Crippen LogP contribution >= 0.6 is 0 Å². The Hall–Kier alpha value is -1.40. The maximum atomic E-state index is 11.6. The van der Waals surface area contributed by atoms with Crippen LogP contribution in [0.15, 0.2) is 24.3 Å². The molecule has 0 saturated heterocycles. The Morgan fingerprint density at radius 1 is 1.37 bits per heavy atom. The molecule has 1 aromatic carbocycles. The van der Waals surface area contributed by atoms with Crippen LogP contribution in [0.1, 0.15) is 24.9 Å². The fourth-order valence-corrected chi connectivity index (χ4v) is 2.07. The van der Waals surface area contributed by atoms with E-state index in [0.29, 0.717) is 18.7 Å². The van der Waals surface area contributed by atoms with Crippen molar-refractivity contribution in [3.63, 3.8) is 0 Å². The summed E-state index contributed by atoms with van der Waals surface area (Å²) in [5.41, 5.74) is 7.49. The van der Waals surface area contributed by atoms with Crippen molar-refractivity contribution >= 4 is 22.5 Å². The first-order chi connectivity index (χ1) is 8.99. The normalized spacial score (nSPS) is 13.6. The largest absolute Gasteiger partial charge is 0.338 e. The van der Waals surface area contributed by atoms with Gasteiger partial charge in [-0.1, -0.05) is 12.1 Å². The van der Waals surface area contributed by atoms with E-state index in [-0.39, 0.29) is 12.1 Å². The van der Waals surface area contributed by atoms with Gasteiger partial charge in [-0.25, -0.2) is 4.79 Å². The van der Waals surface area contributed by atoms with Gasteiger partial charge in [0, 0.05) is 41.1 Å². The summed E-state index contributed by atoms with van der Waals surface area (Å²) < 4.78 is 10.8. The molecule has 0 aromatic heterocycles. The molecule has 19 heavy (non-hydrogen) atoms. The number of hydrogen-bond acceptors (Lipinski definition) is 3. The van der Waals surface area contributed by atoms with Crippen molar-refractivity contribution in [2.24, 2.45) is 5.73 Å². The predicted octanol–water partition coefficient (Wildman–Crippen LogP) is 1.60. The van der Waals surface area contributed by atoms with Gasteiger partial charge in [-0.15, -0.1) is 0 Å². The molecule has 0 aliphatic rings. The van der Waals surface area contributed by atoms with Crippen LogP contribution in [0.3, 0.4) is 0 Å². The van der Waals surface area contributed by atoms with Gasteiger partial charge in [0.2, 0.25) is 0 Å². The van der Waals surface area contributed by atoms with Crippen molar-refractivity contribution in [3.8, 4) is 0 Å². The van der Waals surface area contributed by atoms with Crippen LogP contribution in [-0.4, -0.2) is 28.8 Å². The lowest BCUT2D eigenvalue weighted by Gasteiger charge is -2.09. The molecule has 0 radical (unpaired) electrons. The summed E-state index contributed by atoms with van der Waals surface area (Å²) in [5, 5.41) is 5.44. The second-order valence-corrected chi connectivity index (χ2v) is 5.98. The van der Waals surface area contributed by atoms with E-state index in [1.54, 1.807) is 6.26 Å². The number of urea groups is 1. The Morgan fingerprint density at radius 3 is 2.53 bits per heavy atom. The third-order valence-electron chi connectivity index (χ3n) is 2.59. The van der Waals surface area contributed by atoms with Crippen molar-refractivity contribution in [1.29, 1.82) is 0 Å². The van der Waals surface area contributed by atoms with Gasteiger partial charge in [0.05, 0.1) is 0 Å². The second kappa shape index (κ2) is 7.91. The zero-order valence-corrected chi connectivity index (χ0v) is 12.1. The molecule has 0 heterocycles. The lowest BCUT2D eigenvalue weighted by Crippen LogP contribution is -2.30. The van der Waals surface area contributed by atoms with Gasteiger partial charge in [0.25, 0.3) is 0 Å². The second-order valence-electron chi connectivity index (χ2n) is 4.42. The fourth-order valence-electron chi connectivity index (χ4n) is 1.52. The Kier molecular flexibility index (Phi) is 6.52. The zero-order valence-electron chi connectivity index (χ0n) is 11.3. The molecule has 4 N–H and O–H groups in total. The van der Waals surface area contributed by atoms with Gasteiger partial charge in [0.1, 0.15) is 0 Å². The molecule has 0 fully saturated rings. The number of carbonyl (C=O) groups excluding carboxylic acids is 1. The topological polar surface area (TPSA) is 84.2 Å². The van der Waals surface area contributed by atoms with E-state index >= 15 is 0 Å². The summed E-state index contributed by atoms with van der Waals surface area (Å²) in [6.07, 6.45) is 2.36. The maximum Gasteiger partial charge on any atom is 0.319 e. The van der Waals surface area contributed by atoms with Gasteiger partial charge < -0.3 is 16.4 Å². The number of hydrogen-bond donors (Lipinski definition) is 3. The highest BCUT2D eigenvalue weighted by molar-refractivity contribution is 7.84. The monoisotopic (exact) mass is 283 g/mol. The van der Waals surface area contributed by atoms with Crippen LogP contribution < -0.4 is 16.4 Å². The van der Waals surface area contributed by atoms with E-state index in [0.717, 1.165) is 11.3 Å². The van der Waals surface area contributed by atoms with Crippen LogP contribution in [0.25, 0.3) is 0 Å². The van der Waals surface area contributed by atoms with Gasteiger partial charge in [-0.05, 0) is 31.0 Å². The van der Waals surface area contributed by atoms with Crippen LogP contribution in [0.5, 0.6) is 0 Å². The number of nitrogens with one attached hydrogen (secondary N) is 2. The molecule has 0 aliphatic heterocycles. The molecule has 2 atom stereocenters. The van der Waals surface area contributed by atoms with Crippen molar-refractivity contribution in [1.82, 2.24) is 5.32 Å². The molecule has 2 amide bonds. The number of carbonyl (C=O) groups is 1. The molecule has 0 aliphatic carbocycles. The highest BCUT2D eigenvalue weighted by Gasteiger charge is 2.03. The smallest absolute Gasteiger partial charge is 0.319 e. The Balaban J connectivity index is 2.33. The molecule has 2 unspecified atom stereocenters. The third-order valence-corrected chi connectivity index (χ3v) is 3.45. The molecule has 106 valence electrons. The minimum absolute atomic E-state index is 0.0159. The van der Waals surface area contributed by atoms with Gasteiger partial charge in [-0.2, -0.15) is 0 Å². The molecule has 5 nitrogen and oxygen atoms in total. The summed E-state index contributed by atoms with van der Waals surface area (Å²) in [5.74, 6) is 0.601. The summed E-state index contributed by atoms with van der Waals surface area (Å²) in [6, 6.07) is 7.15. The number of amides is 2. The Bertz CT molecular complexity index is 432. The predicted molar refractivity (Wildman–Crippen MR) is 79.6 cm³/mol. The maximum absolute atomic E-state index is 11.6. The van der Waals surface area contributed by atoms with E-state index in [1.807, 2.05) is 31.2 Å². The standard InChI is InChI=1S/C13H21N3O2S/c1-10(14)11-4-6-12(7-5-11)16-13(17)15-8-3-9-19(2)18/h4-7,10H,3,8-9,14H2,1-2H3,(H2,15,16,17). The van der Waals surface area contributed by atoms with E-state index in [4.69, 9.17) is 5.73 Å². The first-order valence-corrected chi connectivity index (χ1v) is 7.92. The van der Waals surface area contributed by atoms with E-state index in [1.165, 1.54) is 0 Å². The summed E-state index contributed by atoms with van der Waals surface area (Å²) in [7, 11) is -0.809. The first-order valence-electron chi connectivity index (χ1n) is 6.19. The van der Waals surface area contributed by atoms with Crippen LogP contribution in [0.2, 0.25) is 0 Å². The number of anilines is 1. The van der Waals surface area contributed by atoms with Gasteiger partial charge in [0.15, 0.2) is 0 Å². The van der Waals surface area contributed by atoms with E-state index in [9.17, 15) is 9.00 Å². The number of benzene rings is 1. The molecular formula is C13H21N3O2S. The SMILES string of the molecule is CC(N)c1ccc(NC(=O)NCCCS(C)=O)cc1.